The fraction of sp³-hybridized carbons (Fsp3) is 0.118. The van der Waals surface area contributed by atoms with Gasteiger partial charge in [0, 0.05) is 11.8 Å². The van der Waals surface area contributed by atoms with Gasteiger partial charge in [-0.25, -0.2) is 0 Å². The van der Waals surface area contributed by atoms with Gasteiger partial charge in [0.05, 0.1) is 18.4 Å². The lowest BCUT2D eigenvalue weighted by molar-refractivity contribution is 0.293. The molecule has 1 aromatic heterocycles. The zero-order chi connectivity index (χ0) is 14.5. The first-order valence-electron chi connectivity index (χ1n) is 6.88. The fourth-order valence-corrected chi connectivity index (χ4v) is 2.13. The van der Waals surface area contributed by atoms with Gasteiger partial charge < -0.3 is 10.5 Å². The second-order valence-corrected chi connectivity index (χ2v) is 4.74. The molecule has 3 rings (SSSR count). The molecule has 0 amide bonds. The smallest absolute Gasteiger partial charge is 0.142 e. The quantitative estimate of drug-likeness (QED) is 0.730. The minimum Gasteiger partial charge on any atom is -0.490 e. The number of anilines is 1. The Bertz CT molecular complexity index is 707. The lowest BCUT2D eigenvalue weighted by Gasteiger charge is -2.08. The van der Waals surface area contributed by atoms with E-state index in [1.54, 1.807) is 0 Å². The molecule has 0 unspecified atom stereocenters. The lowest BCUT2D eigenvalue weighted by atomic mass is 10.1. The molecule has 0 aliphatic carbocycles. The van der Waals surface area contributed by atoms with E-state index in [0.717, 1.165) is 11.1 Å². The van der Waals surface area contributed by atoms with Crippen LogP contribution in [0.2, 0.25) is 0 Å². The highest BCUT2D eigenvalue weighted by Gasteiger charge is 2.02. The Hall–Kier alpha value is -2.75. The van der Waals surface area contributed by atoms with E-state index >= 15 is 0 Å². The number of nitrogens with two attached hydrogens (primary N) is 1. The zero-order valence-corrected chi connectivity index (χ0v) is 11.6. The van der Waals surface area contributed by atoms with E-state index in [0.29, 0.717) is 24.6 Å². The molecular weight excluding hydrogens is 262 g/mol. The van der Waals surface area contributed by atoms with Crippen LogP contribution in [0.25, 0.3) is 11.1 Å². The number of rotatable bonds is 5. The first-order chi connectivity index (χ1) is 10.3. The molecule has 4 heteroatoms. The Labute approximate surface area is 123 Å². The molecule has 21 heavy (non-hydrogen) atoms. The Morgan fingerprint density at radius 2 is 1.71 bits per heavy atom. The molecule has 2 aromatic carbocycles. The van der Waals surface area contributed by atoms with Gasteiger partial charge in [0.2, 0.25) is 0 Å². The molecule has 1 heterocycles. The van der Waals surface area contributed by atoms with Crippen molar-refractivity contribution < 1.29 is 4.74 Å². The van der Waals surface area contributed by atoms with Crippen LogP contribution in [0, 0.1) is 0 Å². The molecule has 0 aliphatic heterocycles. The molecule has 0 spiro atoms. The Morgan fingerprint density at radius 3 is 2.52 bits per heavy atom. The third kappa shape index (κ3) is 3.23. The summed E-state index contributed by atoms with van der Waals surface area (Å²) in [6.07, 6.45) is 3.89. The van der Waals surface area contributed by atoms with Crippen molar-refractivity contribution in [3.63, 3.8) is 0 Å². The van der Waals surface area contributed by atoms with Gasteiger partial charge in [-0.2, -0.15) is 5.10 Å². The first kappa shape index (κ1) is 13.2. The number of hydrogen-bond acceptors (Lipinski definition) is 3. The van der Waals surface area contributed by atoms with Gasteiger partial charge in [-0.05, 0) is 17.7 Å². The molecule has 0 saturated heterocycles. The summed E-state index contributed by atoms with van der Waals surface area (Å²) in [6.45, 7) is 1.21. The number of para-hydroxylation sites is 2. The van der Waals surface area contributed by atoms with Crippen LogP contribution in [-0.4, -0.2) is 16.4 Å². The molecule has 106 valence electrons. The van der Waals surface area contributed by atoms with Crippen LogP contribution in [0.5, 0.6) is 5.75 Å². The average Bonchev–Trinajstić information content (AvgIpc) is 2.99. The fourth-order valence-electron chi connectivity index (χ4n) is 2.13. The summed E-state index contributed by atoms with van der Waals surface area (Å²) in [4.78, 5) is 0. The summed E-state index contributed by atoms with van der Waals surface area (Å²) < 4.78 is 7.55. The third-order valence-electron chi connectivity index (χ3n) is 3.24. The largest absolute Gasteiger partial charge is 0.490 e. The topological polar surface area (TPSA) is 53.1 Å². The first-order valence-corrected chi connectivity index (χ1v) is 6.88. The normalized spacial score (nSPS) is 10.5. The number of aromatic nitrogens is 2. The maximum Gasteiger partial charge on any atom is 0.142 e. The predicted molar refractivity (Wildman–Crippen MR) is 84.0 cm³/mol. The molecule has 0 fully saturated rings. The highest BCUT2D eigenvalue weighted by atomic mass is 16.5. The van der Waals surface area contributed by atoms with Crippen molar-refractivity contribution in [2.24, 2.45) is 0 Å². The molecule has 0 aliphatic rings. The maximum atomic E-state index is 5.83. The summed E-state index contributed by atoms with van der Waals surface area (Å²) >= 11 is 0. The van der Waals surface area contributed by atoms with Gasteiger partial charge in [0.15, 0.2) is 0 Å². The maximum absolute atomic E-state index is 5.83. The van der Waals surface area contributed by atoms with E-state index in [4.69, 9.17) is 10.5 Å². The second-order valence-electron chi connectivity index (χ2n) is 4.74. The van der Waals surface area contributed by atoms with Gasteiger partial charge in [-0.15, -0.1) is 0 Å². The monoisotopic (exact) mass is 279 g/mol. The Kier molecular flexibility index (Phi) is 3.87. The minimum absolute atomic E-state index is 0.532. The average molecular weight is 279 g/mol. The van der Waals surface area contributed by atoms with E-state index in [2.05, 4.69) is 17.2 Å². The van der Waals surface area contributed by atoms with Crippen LogP contribution in [0.4, 0.5) is 5.69 Å². The molecule has 2 N–H and O–H groups in total. The van der Waals surface area contributed by atoms with E-state index in [1.165, 1.54) is 0 Å². The van der Waals surface area contributed by atoms with Gasteiger partial charge in [0.25, 0.3) is 0 Å². The van der Waals surface area contributed by atoms with E-state index in [9.17, 15) is 0 Å². The highest BCUT2D eigenvalue weighted by molar-refractivity contribution is 5.61. The standard InChI is InChI=1S/C17H17N3O/c18-16-8-4-5-9-17(16)21-11-10-20-13-15(12-19-20)14-6-2-1-3-7-14/h1-9,12-13H,10-11,18H2. The molecule has 0 atom stereocenters. The molecule has 0 bridgehead atoms. The predicted octanol–water partition coefficient (Wildman–Crippen LogP) is 3.21. The lowest BCUT2D eigenvalue weighted by Crippen LogP contribution is -2.09. The van der Waals surface area contributed by atoms with Gasteiger partial charge in [-0.1, -0.05) is 42.5 Å². The zero-order valence-electron chi connectivity index (χ0n) is 11.6. The van der Waals surface area contributed by atoms with E-state index in [1.807, 2.05) is 59.5 Å². The molecular formula is C17H17N3O. The number of nitrogen functional groups attached to an aromatic ring is 1. The number of ether oxygens (including phenoxy) is 1. The number of benzene rings is 2. The molecule has 4 nitrogen and oxygen atoms in total. The van der Waals surface area contributed by atoms with Crippen LogP contribution in [-0.2, 0) is 6.54 Å². The summed E-state index contributed by atoms with van der Waals surface area (Å²) in [5.41, 5.74) is 8.76. The molecule has 0 radical (unpaired) electrons. The van der Waals surface area contributed by atoms with Crippen molar-refractivity contribution in [2.75, 3.05) is 12.3 Å². The SMILES string of the molecule is Nc1ccccc1OCCn1cc(-c2ccccc2)cn1. The van der Waals surface area contributed by atoms with E-state index in [-0.39, 0.29) is 0 Å². The van der Waals surface area contributed by atoms with Crippen LogP contribution in [0.3, 0.4) is 0 Å². The summed E-state index contributed by atoms with van der Waals surface area (Å²) in [5.74, 6) is 0.716. The van der Waals surface area contributed by atoms with Crippen LogP contribution < -0.4 is 10.5 Å². The molecule has 0 saturated carbocycles. The Balaban J connectivity index is 1.60. The van der Waals surface area contributed by atoms with Gasteiger partial charge >= 0.3 is 0 Å². The van der Waals surface area contributed by atoms with Crippen molar-refractivity contribution in [1.82, 2.24) is 9.78 Å². The second kappa shape index (κ2) is 6.13. The van der Waals surface area contributed by atoms with Crippen molar-refractivity contribution in [3.8, 4) is 16.9 Å². The number of hydrogen-bond donors (Lipinski definition) is 1. The Morgan fingerprint density at radius 1 is 0.952 bits per heavy atom. The van der Waals surface area contributed by atoms with Crippen molar-refractivity contribution in [2.45, 2.75) is 6.54 Å². The van der Waals surface area contributed by atoms with Gasteiger partial charge in [-0.3, -0.25) is 4.68 Å². The summed E-state index contributed by atoms with van der Waals surface area (Å²) in [6, 6.07) is 17.7. The van der Waals surface area contributed by atoms with Crippen LogP contribution >= 0.6 is 0 Å². The molecule has 3 aromatic rings. The van der Waals surface area contributed by atoms with E-state index < -0.39 is 0 Å². The summed E-state index contributed by atoms with van der Waals surface area (Å²) in [5, 5.41) is 4.35. The number of nitrogens with zero attached hydrogens (tertiary/aromatic N) is 2. The van der Waals surface area contributed by atoms with Crippen molar-refractivity contribution in [1.29, 1.82) is 0 Å². The van der Waals surface area contributed by atoms with Crippen LogP contribution in [0.1, 0.15) is 0 Å². The van der Waals surface area contributed by atoms with Crippen molar-refractivity contribution >= 4 is 5.69 Å². The van der Waals surface area contributed by atoms with Gasteiger partial charge in [0.1, 0.15) is 12.4 Å². The minimum atomic E-state index is 0.532. The van der Waals surface area contributed by atoms with Crippen molar-refractivity contribution in [3.05, 3.63) is 67.0 Å². The third-order valence-corrected chi connectivity index (χ3v) is 3.24. The summed E-state index contributed by atoms with van der Waals surface area (Å²) in [7, 11) is 0. The van der Waals surface area contributed by atoms with Crippen LogP contribution in [0.15, 0.2) is 67.0 Å². The highest BCUT2D eigenvalue weighted by Crippen LogP contribution is 2.20.